The van der Waals surface area contributed by atoms with E-state index in [2.05, 4.69) is 10.4 Å². The molecule has 0 radical (unpaired) electrons. The van der Waals surface area contributed by atoms with Gasteiger partial charge in [0.25, 0.3) is 5.91 Å². The molecule has 0 aromatic carbocycles. The van der Waals surface area contributed by atoms with Gasteiger partial charge in [0.15, 0.2) is 0 Å². The number of nitrogens with one attached hydrogen (secondary N) is 1. The van der Waals surface area contributed by atoms with E-state index in [0.717, 1.165) is 5.69 Å². The lowest BCUT2D eigenvalue weighted by atomic mass is 10.3. The molecule has 1 amide bonds. The molecule has 6 heteroatoms. The Kier molecular flexibility index (Phi) is 4.12. The number of aromatic nitrogens is 3. The van der Waals surface area contributed by atoms with Crippen molar-refractivity contribution >= 4 is 11.6 Å². The number of rotatable bonds is 5. The van der Waals surface area contributed by atoms with E-state index >= 15 is 0 Å². The van der Waals surface area contributed by atoms with Crippen molar-refractivity contribution in [2.75, 3.05) is 12.3 Å². The normalized spacial score (nSPS) is 11.0. The van der Waals surface area contributed by atoms with Crippen molar-refractivity contribution in [3.05, 3.63) is 35.9 Å². The molecule has 0 aliphatic rings. The molecule has 20 heavy (non-hydrogen) atoms. The number of anilines is 1. The number of carbonyl (C=O) groups is 1. The Morgan fingerprint density at radius 3 is 2.85 bits per heavy atom. The van der Waals surface area contributed by atoms with Crippen molar-refractivity contribution in [2.24, 2.45) is 7.05 Å². The number of hydrogen-bond donors (Lipinski definition) is 2. The van der Waals surface area contributed by atoms with E-state index < -0.39 is 0 Å². The molecule has 0 saturated carbocycles. The van der Waals surface area contributed by atoms with Gasteiger partial charge >= 0.3 is 0 Å². The fourth-order valence-electron chi connectivity index (χ4n) is 2.10. The third kappa shape index (κ3) is 3.20. The molecule has 0 saturated heterocycles. The molecule has 6 nitrogen and oxygen atoms in total. The van der Waals surface area contributed by atoms with Crippen LogP contribution >= 0.6 is 0 Å². The Morgan fingerprint density at radius 1 is 1.50 bits per heavy atom. The van der Waals surface area contributed by atoms with E-state index in [4.69, 9.17) is 5.73 Å². The van der Waals surface area contributed by atoms with Gasteiger partial charge in [-0.3, -0.25) is 9.48 Å². The minimum Gasteiger partial charge on any atom is -0.397 e. The molecule has 2 aromatic rings. The molecule has 108 valence electrons. The van der Waals surface area contributed by atoms with Gasteiger partial charge in [-0.15, -0.1) is 0 Å². The second kappa shape index (κ2) is 5.81. The van der Waals surface area contributed by atoms with Gasteiger partial charge < -0.3 is 15.6 Å². The highest BCUT2D eigenvalue weighted by Crippen LogP contribution is 2.16. The van der Waals surface area contributed by atoms with Crippen LogP contribution in [0.5, 0.6) is 0 Å². The maximum Gasteiger partial charge on any atom is 0.268 e. The first-order valence-electron chi connectivity index (χ1n) is 6.71. The van der Waals surface area contributed by atoms with Crippen molar-refractivity contribution in [1.29, 1.82) is 0 Å². The minimum atomic E-state index is -0.105. The zero-order valence-electron chi connectivity index (χ0n) is 12.1. The SMILES string of the molecule is CC(C)n1cc(N)cc1C(=O)NCCc1ccn(C)n1. The fraction of sp³-hybridized carbons (Fsp3) is 0.429. The second-order valence-electron chi connectivity index (χ2n) is 5.15. The Bertz CT molecular complexity index is 596. The van der Waals surface area contributed by atoms with Gasteiger partial charge in [0.05, 0.1) is 11.4 Å². The smallest absolute Gasteiger partial charge is 0.268 e. The predicted molar refractivity (Wildman–Crippen MR) is 78.5 cm³/mol. The molecule has 0 aliphatic carbocycles. The van der Waals surface area contributed by atoms with E-state index in [1.807, 2.05) is 37.7 Å². The van der Waals surface area contributed by atoms with E-state index in [1.54, 1.807) is 16.9 Å². The minimum absolute atomic E-state index is 0.105. The van der Waals surface area contributed by atoms with E-state index in [0.29, 0.717) is 24.3 Å². The zero-order chi connectivity index (χ0) is 14.7. The van der Waals surface area contributed by atoms with Crippen LogP contribution in [0, 0.1) is 0 Å². The van der Waals surface area contributed by atoms with Crippen LogP contribution in [0.3, 0.4) is 0 Å². The van der Waals surface area contributed by atoms with Crippen LogP contribution in [0.15, 0.2) is 24.5 Å². The summed E-state index contributed by atoms with van der Waals surface area (Å²) in [5.74, 6) is -0.105. The van der Waals surface area contributed by atoms with Crippen molar-refractivity contribution in [3.63, 3.8) is 0 Å². The monoisotopic (exact) mass is 275 g/mol. The largest absolute Gasteiger partial charge is 0.397 e. The van der Waals surface area contributed by atoms with Gasteiger partial charge in [-0.2, -0.15) is 5.10 Å². The molecule has 0 bridgehead atoms. The molecule has 2 rings (SSSR count). The summed E-state index contributed by atoms with van der Waals surface area (Å²) in [7, 11) is 1.88. The summed E-state index contributed by atoms with van der Waals surface area (Å²) < 4.78 is 3.63. The third-order valence-corrected chi connectivity index (χ3v) is 3.09. The number of carbonyl (C=O) groups excluding carboxylic acids is 1. The fourth-order valence-corrected chi connectivity index (χ4v) is 2.10. The maximum absolute atomic E-state index is 12.2. The van der Waals surface area contributed by atoms with Crippen molar-refractivity contribution < 1.29 is 4.79 Å². The average Bonchev–Trinajstić information content (AvgIpc) is 2.95. The van der Waals surface area contributed by atoms with Crippen molar-refractivity contribution in [1.82, 2.24) is 19.7 Å². The molecule has 2 aromatic heterocycles. The molecule has 0 aliphatic heterocycles. The Balaban J connectivity index is 1.95. The molecule has 0 unspecified atom stereocenters. The summed E-state index contributed by atoms with van der Waals surface area (Å²) in [6, 6.07) is 3.85. The number of nitrogens with two attached hydrogens (primary N) is 1. The first-order valence-corrected chi connectivity index (χ1v) is 6.71. The summed E-state index contributed by atoms with van der Waals surface area (Å²) in [6.07, 6.45) is 4.39. The summed E-state index contributed by atoms with van der Waals surface area (Å²) in [5.41, 5.74) is 7.93. The van der Waals surface area contributed by atoms with Gasteiger partial charge in [0.1, 0.15) is 5.69 Å². The summed E-state index contributed by atoms with van der Waals surface area (Å²) in [5, 5.41) is 7.17. The van der Waals surface area contributed by atoms with Gasteiger partial charge in [-0.25, -0.2) is 0 Å². The first-order chi connectivity index (χ1) is 9.47. The van der Waals surface area contributed by atoms with Crippen LogP contribution < -0.4 is 11.1 Å². The maximum atomic E-state index is 12.2. The molecule has 0 fully saturated rings. The third-order valence-electron chi connectivity index (χ3n) is 3.09. The summed E-state index contributed by atoms with van der Waals surface area (Å²) in [6.45, 7) is 4.59. The van der Waals surface area contributed by atoms with Crippen molar-refractivity contribution in [3.8, 4) is 0 Å². The summed E-state index contributed by atoms with van der Waals surface area (Å²) in [4.78, 5) is 12.2. The Hall–Kier alpha value is -2.24. The van der Waals surface area contributed by atoms with Crippen molar-refractivity contribution in [2.45, 2.75) is 26.3 Å². The van der Waals surface area contributed by atoms with Crippen LogP contribution in [0.1, 0.15) is 36.1 Å². The number of nitrogen functional groups attached to an aromatic ring is 1. The van der Waals surface area contributed by atoms with Gasteiger partial charge in [0, 0.05) is 38.4 Å². The molecular weight excluding hydrogens is 254 g/mol. The van der Waals surface area contributed by atoms with Gasteiger partial charge in [-0.1, -0.05) is 0 Å². The molecule has 3 N–H and O–H groups in total. The number of amides is 1. The topological polar surface area (TPSA) is 77.9 Å². The van der Waals surface area contributed by atoms with E-state index in [-0.39, 0.29) is 11.9 Å². The molecule has 0 spiro atoms. The lowest BCUT2D eigenvalue weighted by Crippen LogP contribution is -2.28. The van der Waals surface area contributed by atoms with Crippen LogP contribution in [-0.4, -0.2) is 26.8 Å². The van der Waals surface area contributed by atoms with Crippen LogP contribution in [0.4, 0.5) is 5.69 Å². The van der Waals surface area contributed by atoms with Gasteiger partial charge in [0.2, 0.25) is 0 Å². The molecule has 0 atom stereocenters. The Morgan fingerprint density at radius 2 is 2.25 bits per heavy atom. The highest BCUT2D eigenvalue weighted by molar-refractivity contribution is 5.93. The zero-order valence-corrected chi connectivity index (χ0v) is 12.1. The standard InChI is InChI=1S/C14H21N5O/c1-10(2)19-9-11(15)8-13(19)14(20)16-6-4-12-5-7-18(3)17-12/h5,7-10H,4,6,15H2,1-3H3,(H,16,20). The quantitative estimate of drug-likeness (QED) is 0.864. The number of aryl methyl sites for hydroxylation is 1. The first kappa shape index (κ1) is 14.2. The lowest BCUT2D eigenvalue weighted by molar-refractivity contribution is 0.0943. The Labute approximate surface area is 118 Å². The predicted octanol–water partition coefficient (Wildman–Crippen LogP) is 1.36. The average molecular weight is 275 g/mol. The number of nitrogens with zero attached hydrogens (tertiary/aromatic N) is 3. The van der Waals surface area contributed by atoms with E-state index in [1.165, 1.54) is 0 Å². The number of hydrogen-bond acceptors (Lipinski definition) is 3. The van der Waals surface area contributed by atoms with Gasteiger partial charge in [-0.05, 0) is 26.0 Å². The summed E-state index contributed by atoms with van der Waals surface area (Å²) >= 11 is 0. The highest BCUT2D eigenvalue weighted by atomic mass is 16.1. The van der Waals surface area contributed by atoms with E-state index in [9.17, 15) is 4.79 Å². The lowest BCUT2D eigenvalue weighted by Gasteiger charge is -2.12. The highest BCUT2D eigenvalue weighted by Gasteiger charge is 2.14. The molecular formula is C14H21N5O. The molecule has 2 heterocycles. The van der Waals surface area contributed by atoms with Crippen LogP contribution in [0.25, 0.3) is 0 Å². The van der Waals surface area contributed by atoms with Crippen LogP contribution in [0.2, 0.25) is 0 Å². The van der Waals surface area contributed by atoms with Crippen LogP contribution in [-0.2, 0) is 13.5 Å². The second-order valence-corrected chi connectivity index (χ2v) is 5.15.